The summed E-state index contributed by atoms with van der Waals surface area (Å²) >= 11 is 0. The molecule has 1 aromatic carbocycles. The Morgan fingerprint density at radius 1 is 1.14 bits per heavy atom. The smallest absolute Gasteiger partial charge is 0.407 e. The molecule has 0 spiro atoms. The lowest BCUT2D eigenvalue weighted by molar-refractivity contribution is 0.0527. The topological polar surface area (TPSA) is 103 Å². The number of imidazole rings is 1. The minimum Gasteiger partial charge on any atom is -0.444 e. The molecule has 152 valence electrons. The van der Waals surface area contributed by atoms with Crippen molar-refractivity contribution in [3.8, 4) is 11.3 Å². The summed E-state index contributed by atoms with van der Waals surface area (Å²) in [6.07, 6.45) is 2.17. The molecule has 2 aromatic rings. The first-order valence-corrected chi connectivity index (χ1v) is 9.38. The molecule has 0 aliphatic heterocycles. The van der Waals surface area contributed by atoms with Gasteiger partial charge in [-0.1, -0.05) is 30.3 Å². The number of ether oxygens (including phenoxy) is 1. The van der Waals surface area contributed by atoms with E-state index in [1.807, 2.05) is 57.3 Å². The fourth-order valence-corrected chi connectivity index (χ4v) is 2.40. The van der Waals surface area contributed by atoms with Gasteiger partial charge < -0.3 is 25.7 Å². The Balaban J connectivity index is 1.67. The standard InChI is InChI=1S/C20H30N6O2/c1-20(2,3)28-19(27)23-12-8-11-22-18(21-4)25-14-17-24-13-16(26-17)15-9-6-5-7-10-15/h5-7,9-10,13H,8,11-12,14H2,1-4H3,(H,23,27)(H,24,26)(H2,21,22,25). The van der Waals surface area contributed by atoms with Crippen molar-refractivity contribution >= 4 is 12.1 Å². The van der Waals surface area contributed by atoms with Crippen LogP contribution in [0.2, 0.25) is 0 Å². The van der Waals surface area contributed by atoms with Gasteiger partial charge in [-0.05, 0) is 32.8 Å². The third kappa shape index (κ3) is 7.69. The minimum atomic E-state index is -0.486. The maximum absolute atomic E-state index is 11.6. The Bertz CT molecular complexity index is 765. The van der Waals surface area contributed by atoms with E-state index in [9.17, 15) is 4.79 Å². The molecule has 1 heterocycles. The zero-order valence-corrected chi connectivity index (χ0v) is 17.0. The molecule has 0 unspecified atom stereocenters. The van der Waals surface area contributed by atoms with Crippen LogP contribution < -0.4 is 16.0 Å². The molecular formula is C20H30N6O2. The summed E-state index contributed by atoms with van der Waals surface area (Å²) in [5.41, 5.74) is 1.59. The third-order valence-electron chi connectivity index (χ3n) is 3.67. The number of hydrogen-bond acceptors (Lipinski definition) is 4. The molecule has 28 heavy (non-hydrogen) atoms. The summed E-state index contributed by atoms with van der Waals surface area (Å²) in [5.74, 6) is 1.50. The van der Waals surface area contributed by atoms with Gasteiger partial charge in [-0.2, -0.15) is 0 Å². The summed E-state index contributed by atoms with van der Waals surface area (Å²) in [6.45, 7) is 7.24. The lowest BCUT2D eigenvalue weighted by atomic mass is 10.2. The highest BCUT2D eigenvalue weighted by atomic mass is 16.6. The number of nitrogens with zero attached hydrogens (tertiary/aromatic N) is 2. The first-order valence-electron chi connectivity index (χ1n) is 9.38. The lowest BCUT2D eigenvalue weighted by Crippen LogP contribution is -2.39. The van der Waals surface area contributed by atoms with Crippen LogP contribution in [0.25, 0.3) is 11.3 Å². The van der Waals surface area contributed by atoms with E-state index in [1.54, 1.807) is 7.05 Å². The largest absolute Gasteiger partial charge is 0.444 e. The van der Waals surface area contributed by atoms with Gasteiger partial charge in [-0.25, -0.2) is 9.78 Å². The molecular weight excluding hydrogens is 356 g/mol. The van der Waals surface area contributed by atoms with Gasteiger partial charge in [0, 0.05) is 20.1 Å². The maximum Gasteiger partial charge on any atom is 0.407 e. The second-order valence-electron chi connectivity index (χ2n) is 7.24. The van der Waals surface area contributed by atoms with Crippen LogP contribution in [-0.4, -0.2) is 47.8 Å². The molecule has 0 aliphatic carbocycles. The molecule has 0 fully saturated rings. The highest BCUT2D eigenvalue weighted by Gasteiger charge is 2.15. The van der Waals surface area contributed by atoms with Gasteiger partial charge in [-0.3, -0.25) is 4.99 Å². The number of aliphatic imine (C=N–C) groups is 1. The minimum absolute atomic E-state index is 0.401. The summed E-state index contributed by atoms with van der Waals surface area (Å²) < 4.78 is 5.19. The zero-order valence-electron chi connectivity index (χ0n) is 17.0. The van der Waals surface area contributed by atoms with Crippen LogP contribution >= 0.6 is 0 Å². The van der Waals surface area contributed by atoms with Crippen molar-refractivity contribution in [3.63, 3.8) is 0 Å². The predicted octanol–water partition coefficient (Wildman–Crippen LogP) is 2.66. The van der Waals surface area contributed by atoms with Crippen molar-refractivity contribution in [3.05, 3.63) is 42.4 Å². The van der Waals surface area contributed by atoms with E-state index in [4.69, 9.17) is 4.74 Å². The summed E-state index contributed by atoms with van der Waals surface area (Å²) in [5, 5.41) is 9.15. The fraction of sp³-hybridized carbons (Fsp3) is 0.450. The lowest BCUT2D eigenvalue weighted by Gasteiger charge is -2.19. The summed E-state index contributed by atoms with van der Waals surface area (Å²) in [4.78, 5) is 23.5. The Hall–Kier alpha value is -3.03. The Kier molecular flexibility index (Phi) is 7.86. The Labute approximate surface area is 166 Å². The van der Waals surface area contributed by atoms with Crippen LogP contribution in [0.3, 0.4) is 0 Å². The van der Waals surface area contributed by atoms with E-state index in [2.05, 4.69) is 30.9 Å². The van der Waals surface area contributed by atoms with Gasteiger partial charge >= 0.3 is 6.09 Å². The number of carbonyl (C=O) groups is 1. The van der Waals surface area contributed by atoms with E-state index in [1.165, 1.54) is 0 Å². The Morgan fingerprint density at radius 3 is 2.54 bits per heavy atom. The van der Waals surface area contributed by atoms with Gasteiger partial charge in [0.15, 0.2) is 5.96 Å². The number of H-pyrrole nitrogens is 1. The average molecular weight is 387 g/mol. The molecule has 8 heteroatoms. The van der Waals surface area contributed by atoms with Crippen LogP contribution in [0.1, 0.15) is 33.0 Å². The van der Waals surface area contributed by atoms with E-state index in [-0.39, 0.29) is 0 Å². The van der Waals surface area contributed by atoms with Crippen LogP contribution in [0, 0.1) is 0 Å². The third-order valence-corrected chi connectivity index (χ3v) is 3.67. The van der Waals surface area contributed by atoms with Gasteiger partial charge in [-0.15, -0.1) is 0 Å². The average Bonchev–Trinajstić information content (AvgIpc) is 3.12. The fourth-order valence-electron chi connectivity index (χ4n) is 2.40. The number of alkyl carbamates (subject to hydrolysis) is 1. The molecule has 0 saturated heterocycles. The number of aromatic amines is 1. The molecule has 0 aliphatic rings. The maximum atomic E-state index is 11.6. The van der Waals surface area contributed by atoms with Crippen LogP contribution in [0.4, 0.5) is 4.79 Å². The SMILES string of the molecule is CN=C(NCCCNC(=O)OC(C)(C)C)NCc1ncc(-c2ccccc2)[nH]1. The number of carbonyl (C=O) groups excluding carboxylic acids is 1. The second-order valence-corrected chi connectivity index (χ2v) is 7.24. The van der Waals surface area contributed by atoms with E-state index in [0.29, 0.717) is 25.6 Å². The van der Waals surface area contributed by atoms with E-state index in [0.717, 1.165) is 23.5 Å². The van der Waals surface area contributed by atoms with Gasteiger partial charge in [0.1, 0.15) is 11.4 Å². The monoisotopic (exact) mass is 386 g/mol. The molecule has 0 radical (unpaired) electrons. The van der Waals surface area contributed by atoms with Crippen molar-refractivity contribution in [1.82, 2.24) is 25.9 Å². The van der Waals surface area contributed by atoms with Crippen molar-refractivity contribution < 1.29 is 9.53 Å². The summed E-state index contributed by atoms with van der Waals surface area (Å²) in [7, 11) is 1.71. The molecule has 2 rings (SSSR count). The molecule has 0 saturated carbocycles. The number of hydrogen-bond donors (Lipinski definition) is 4. The van der Waals surface area contributed by atoms with Crippen molar-refractivity contribution in [2.45, 2.75) is 39.3 Å². The van der Waals surface area contributed by atoms with Crippen molar-refractivity contribution in [1.29, 1.82) is 0 Å². The highest BCUT2D eigenvalue weighted by molar-refractivity contribution is 5.79. The molecule has 1 amide bonds. The van der Waals surface area contributed by atoms with E-state index < -0.39 is 11.7 Å². The van der Waals surface area contributed by atoms with E-state index >= 15 is 0 Å². The molecule has 8 nitrogen and oxygen atoms in total. The highest BCUT2D eigenvalue weighted by Crippen LogP contribution is 2.15. The number of rotatable bonds is 7. The summed E-state index contributed by atoms with van der Waals surface area (Å²) in [6, 6.07) is 10.1. The molecule has 4 N–H and O–H groups in total. The first-order chi connectivity index (χ1) is 13.4. The number of benzene rings is 1. The molecule has 0 atom stereocenters. The van der Waals surface area contributed by atoms with Crippen LogP contribution in [0.5, 0.6) is 0 Å². The number of guanidine groups is 1. The van der Waals surface area contributed by atoms with Crippen LogP contribution in [-0.2, 0) is 11.3 Å². The number of aromatic nitrogens is 2. The molecule has 0 bridgehead atoms. The van der Waals surface area contributed by atoms with Gasteiger partial charge in [0.2, 0.25) is 0 Å². The zero-order chi connectivity index (χ0) is 20.4. The molecule has 1 aromatic heterocycles. The van der Waals surface area contributed by atoms with Gasteiger partial charge in [0.05, 0.1) is 18.4 Å². The van der Waals surface area contributed by atoms with Crippen LogP contribution in [0.15, 0.2) is 41.5 Å². The Morgan fingerprint density at radius 2 is 1.86 bits per heavy atom. The normalized spacial score (nSPS) is 11.8. The second kappa shape index (κ2) is 10.3. The van der Waals surface area contributed by atoms with Gasteiger partial charge in [0.25, 0.3) is 0 Å². The first kappa shape index (κ1) is 21.3. The quantitative estimate of drug-likeness (QED) is 0.333. The van der Waals surface area contributed by atoms with Crippen molar-refractivity contribution in [2.24, 2.45) is 4.99 Å². The number of nitrogens with one attached hydrogen (secondary N) is 4. The predicted molar refractivity (Wildman–Crippen MR) is 111 cm³/mol. The van der Waals surface area contributed by atoms with Crippen molar-refractivity contribution in [2.75, 3.05) is 20.1 Å². The number of amides is 1.